The Bertz CT molecular complexity index is 182. The Labute approximate surface area is 132 Å². The van der Waals surface area contributed by atoms with Gasteiger partial charge in [0.1, 0.15) is 0 Å². The first-order chi connectivity index (χ1) is 9.93. The van der Waals surface area contributed by atoms with Crippen molar-refractivity contribution < 1.29 is 0 Å². The molecule has 0 amide bonds. The van der Waals surface area contributed by atoms with E-state index < -0.39 is 0 Å². The van der Waals surface area contributed by atoms with Gasteiger partial charge in [-0.25, -0.2) is 0 Å². The fourth-order valence-corrected chi connectivity index (χ4v) is 4.62. The molecule has 1 atom stereocenters. The van der Waals surface area contributed by atoms with Crippen LogP contribution in [0.2, 0.25) is 0 Å². The number of hydrogen-bond donors (Lipinski definition) is 0. The first kappa shape index (κ1) is 18.4. The summed E-state index contributed by atoms with van der Waals surface area (Å²) in [6.07, 6.45) is 23.7. The van der Waals surface area contributed by atoms with Crippen LogP contribution in [0.5, 0.6) is 0 Å². The monoisotopic (exact) mass is 298 g/mol. The Balaban J connectivity index is 1.81. The number of hydrogen-bond acceptors (Lipinski definition) is 1. The van der Waals surface area contributed by atoms with Gasteiger partial charge >= 0.3 is 0 Å². The van der Waals surface area contributed by atoms with E-state index in [0.717, 1.165) is 5.25 Å². The molecule has 1 aliphatic heterocycles. The van der Waals surface area contributed by atoms with Crippen molar-refractivity contribution in [2.45, 2.75) is 115 Å². The maximum absolute atomic E-state index is 2.30. The summed E-state index contributed by atoms with van der Waals surface area (Å²) in [5, 5.41) is 1.00. The van der Waals surface area contributed by atoms with Crippen molar-refractivity contribution in [2.24, 2.45) is 0 Å². The van der Waals surface area contributed by atoms with E-state index in [4.69, 9.17) is 0 Å². The molecule has 0 aromatic carbocycles. The maximum Gasteiger partial charge on any atom is 0.00470 e. The third kappa shape index (κ3) is 11.1. The van der Waals surface area contributed by atoms with Crippen LogP contribution in [0.1, 0.15) is 110 Å². The largest absolute Gasteiger partial charge is 0.159 e. The summed E-state index contributed by atoms with van der Waals surface area (Å²) >= 11 is 2.28. The molecule has 120 valence electrons. The minimum atomic E-state index is 1.00. The topological polar surface area (TPSA) is 0 Å². The third-order valence-electron chi connectivity index (χ3n) is 4.65. The van der Waals surface area contributed by atoms with E-state index in [0.29, 0.717) is 0 Å². The smallest absolute Gasteiger partial charge is 0.00470 e. The van der Waals surface area contributed by atoms with E-state index in [1.165, 1.54) is 108 Å². The molecule has 20 heavy (non-hydrogen) atoms. The van der Waals surface area contributed by atoms with Crippen molar-refractivity contribution in [3.05, 3.63) is 0 Å². The highest BCUT2D eigenvalue weighted by Crippen LogP contribution is 2.27. The molecule has 0 bridgehead atoms. The van der Waals surface area contributed by atoms with Gasteiger partial charge in [0.05, 0.1) is 0 Å². The van der Waals surface area contributed by atoms with Crippen LogP contribution in [-0.2, 0) is 0 Å². The van der Waals surface area contributed by atoms with Crippen molar-refractivity contribution in [3.8, 4) is 0 Å². The van der Waals surface area contributed by atoms with Crippen molar-refractivity contribution in [3.63, 3.8) is 0 Å². The summed E-state index contributed by atoms with van der Waals surface area (Å²) in [5.41, 5.74) is 0. The Kier molecular flexibility index (Phi) is 13.1. The molecule has 0 spiro atoms. The highest BCUT2D eigenvalue weighted by atomic mass is 32.2. The predicted molar refractivity (Wildman–Crippen MR) is 95.8 cm³/mol. The summed E-state index contributed by atoms with van der Waals surface area (Å²) < 4.78 is 0. The van der Waals surface area contributed by atoms with Gasteiger partial charge in [0.25, 0.3) is 0 Å². The molecule has 0 saturated carbocycles. The van der Waals surface area contributed by atoms with Crippen LogP contribution in [0.3, 0.4) is 0 Å². The summed E-state index contributed by atoms with van der Waals surface area (Å²) in [6, 6.07) is 0. The zero-order chi connectivity index (χ0) is 14.3. The molecule has 0 aromatic rings. The van der Waals surface area contributed by atoms with Gasteiger partial charge in [-0.15, -0.1) is 0 Å². The second-order valence-electron chi connectivity index (χ2n) is 6.67. The second-order valence-corrected chi connectivity index (χ2v) is 8.07. The Hall–Kier alpha value is 0.350. The minimum Gasteiger partial charge on any atom is -0.159 e. The lowest BCUT2D eigenvalue weighted by atomic mass is 10.0. The summed E-state index contributed by atoms with van der Waals surface area (Å²) in [6.45, 7) is 2.30. The Morgan fingerprint density at radius 1 is 0.700 bits per heavy atom. The lowest BCUT2D eigenvalue weighted by molar-refractivity contribution is 0.531. The van der Waals surface area contributed by atoms with E-state index in [2.05, 4.69) is 18.7 Å². The van der Waals surface area contributed by atoms with Crippen LogP contribution >= 0.6 is 11.8 Å². The molecule has 1 aliphatic rings. The molecule has 0 radical (unpaired) electrons. The average molecular weight is 299 g/mol. The molecule has 0 aliphatic carbocycles. The van der Waals surface area contributed by atoms with E-state index in [-0.39, 0.29) is 0 Å². The third-order valence-corrected chi connectivity index (χ3v) is 6.12. The molecule has 1 heteroatoms. The summed E-state index contributed by atoms with van der Waals surface area (Å²) in [4.78, 5) is 0. The SMILES string of the molecule is CCCCCCCCCCCCC1CCCCCCS1. The number of rotatable bonds is 11. The molecule has 0 aromatic heterocycles. The molecule has 1 fully saturated rings. The molecule has 1 saturated heterocycles. The van der Waals surface area contributed by atoms with Gasteiger partial charge in [-0.3, -0.25) is 0 Å². The molecular weight excluding hydrogens is 260 g/mol. The lowest BCUT2D eigenvalue weighted by Gasteiger charge is -2.19. The first-order valence-corrected chi connectivity index (χ1v) is 10.6. The van der Waals surface area contributed by atoms with Crippen LogP contribution in [-0.4, -0.2) is 11.0 Å². The Morgan fingerprint density at radius 2 is 1.30 bits per heavy atom. The molecule has 0 nitrogen and oxygen atoms in total. The van der Waals surface area contributed by atoms with Crippen molar-refractivity contribution in [2.75, 3.05) is 5.75 Å². The highest BCUT2D eigenvalue weighted by Gasteiger charge is 2.10. The van der Waals surface area contributed by atoms with E-state index >= 15 is 0 Å². The normalized spacial score (nSPS) is 20.6. The van der Waals surface area contributed by atoms with Gasteiger partial charge < -0.3 is 0 Å². The molecule has 1 heterocycles. The lowest BCUT2D eigenvalue weighted by Crippen LogP contribution is -2.06. The molecule has 1 rings (SSSR count). The zero-order valence-electron chi connectivity index (χ0n) is 14.0. The van der Waals surface area contributed by atoms with Gasteiger partial charge in [0.2, 0.25) is 0 Å². The van der Waals surface area contributed by atoms with Crippen molar-refractivity contribution in [1.29, 1.82) is 0 Å². The fraction of sp³-hybridized carbons (Fsp3) is 1.00. The molecular formula is C19H38S. The standard InChI is InChI=1S/C19H38S/c1-2-3-4-5-6-7-8-9-10-13-16-19-17-14-11-12-15-18-20-19/h19H,2-18H2,1H3. The van der Waals surface area contributed by atoms with Crippen LogP contribution in [0, 0.1) is 0 Å². The summed E-state index contributed by atoms with van der Waals surface area (Å²) in [5.74, 6) is 1.43. The summed E-state index contributed by atoms with van der Waals surface area (Å²) in [7, 11) is 0. The highest BCUT2D eigenvalue weighted by molar-refractivity contribution is 7.99. The van der Waals surface area contributed by atoms with E-state index in [9.17, 15) is 0 Å². The van der Waals surface area contributed by atoms with Crippen molar-refractivity contribution >= 4 is 11.8 Å². The van der Waals surface area contributed by atoms with Crippen LogP contribution in [0.15, 0.2) is 0 Å². The zero-order valence-corrected chi connectivity index (χ0v) is 14.8. The van der Waals surface area contributed by atoms with Crippen molar-refractivity contribution in [1.82, 2.24) is 0 Å². The van der Waals surface area contributed by atoms with Gasteiger partial charge in [-0.1, -0.05) is 90.4 Å². The quantitative estimate of drug-likeness (QED) is 0.359. The molecule has 1 unspecified atom stereocenters. The van der Waals surface area contributed by atoms with Gasteiger partial charge in [0.15, 0.2) is 0 Å². The first-order valence-electron chi connectivity index (χ1n) is 9.55. The van der Waals surface area contributed by atoms with E-state index in [1.807, 2.05) is 0 Å². The average Bonchev–Trinajstić information content (AvgIpc) is 2.42. The Morgan fingerprint density at radius 3 is 2.00 bits per heavy atom. The van der Waals surface area contributed by atoms with Crippen LogP contribution < -0.4 is 0 Å². The fourth-order valence-electron chi connectivity index (χ4n) is 3.25. The van der Waals surface area contributed by atoms with E-state index in [1.54, 1.807) is 0 Å². The second kappa shape index (κ2) is 14.3. The molecule has 0 N–H and O–H groups in total. The predicted octanol–water partition coefficient (Wildman–Crippen LogP) is 7.36. The number of unbranched alkanes of at least 4 members (excludes halogenated alkanes) is 9. The minimum absolute atomic E-state index is 1.00. The van der Waals surface area contributed by atoms with Crippen LogP contribution in [0.25, 0.3) is 0 Å². The van der Waals surface area contributed by atoms with Gasteiger partial charge in [0, 0.05) is 5.25 Å². The van der Waals surface area contributed by atoms with Gasteiger partial charge in [-0.05, 0) is 25.0 Å². The van der Waals surface area contributed by atoms with Crippen LogP contribution in [0.4, 0.5) is 0 Å². The number of thioether (sulfide) groups is 1. The maximum atomic E-state index is 2.30. The van der Waals surface area contributed by atoms with Gasteiger partial charge in [-0.2, -0.15) is 11.8 Å².